The molecular formula is C17H19FN2O4. The van der Waals surface area contributed by atoms with Crippen molar-refractivity contribution in [1.29, 1.82) is 0 Å². The molecule has 2 amide bonds. The summed E-state index contributed by atoms with van der Waals surface area (Å²) in [6, 6.07) is 5.16. The Bertz CT molecular complexity index is 676. The summed E-state index contributed by atoms with van der Waals surface area (Å²) >= 11 is 0. The van der Waals surface area contributed by atoms with Gasteiger partial charge in [0, 0.05) is 24.8 Å². The number of amides is 2. The molecule has 3 rings (SSSR count). The summed E-state index contributed by atoms with van der Waals surface area (Å²) in [5, 5.41) is 9.17. The molecule has 3 atom stereocenters. The van der Waals surface area contributed by atoms with Crippen LogP contribution in [0.15, 0.2) is 24.3 Å². The zero-order valence-corrected chi connectivity index (χ0v) is 13.3. The summed E-state index contributed by atoms with van der Waals surface area (Å²) in [4.78, 5) is 39.5. The van der Waals surface area contributed by atoms with Crippen LogP contribution < -0.4 is 4.90 Å². The topological polar surface area (TPSA) is 77.9 Å². The van der Waals surface area contributed by atoms with E-state index < -0.39 is 23.8 Å². The quantitative estimate of drug-likeness (QED) is 0.850. The van der Waals surface area contributed by atoms with Gasteiger partial charge in [0.25, 0.3) is 0 Å². The highest BCUT2D eigenvalue weighted by molar-refractivity contribution is 6.09. The fraction of sp³-hybridized carbons (Fsp3) is 0.471. The van der Waals surface area contributed by atoms with Crippen LogP contribution in [0.1, 0.15) is 19.8 Å². The highest BCUT2D eigenvalue weighted by atomic mass is 19.1. The molecule has 7 heteroatoms. The minimum Gasteiger partial charge on any atom is -0.481 e. The number of likely N-dealkylation sites (tertiary alicyclic amines) is 1. The molecule has 2 aliphatic heterocycles. The first-order valence-corrected chi connectivity index (χ1v) is 8.00. The average Bonchev–Trinajstić information content (AvgIpc) is 3.11. The van der Waals surface area contributed by atoms with E-state index in [9.17, 15) is 18.8 Å². The average molecular weight is 334 g/mol. The van der Waals surface area contributed by atoms with E-state index in [1.807, 2.05) is 0 Å². The number of carbonyl (C=O) groups is 3. The Morgan fingerprint density at radius 1 is 1.17 bits per heavy atom. The standard InChI is InChI=1S/C17H19FN2O4/c1-10-13(17(23)24)6-8-19(10)15(21)14-7-9-20(16(14)22)12-4-2-11(18)3-5-12/h2-5,10,13-14H,6-9H2,1H3,(H,23,24). The predicted octanol–water partition coefficient (Wildman–Crippen LogP) is 1.50. The molecule has 2 heterocycles. The van der Waals surface area contributed by atoms with E-state index in [-0.39, 0.29) is 17.6 Å². The summed E-state index contributed by atoms with van der Waals surface area (Å²) in [5.74, 6) is -3.28. The van der Waals surface area contributed by atoms with E-state index in [0.29, 0.717) is 31.6 Å². The van der Waals surface area contributed by atoms with Crippen molar-refractivity contribution in [2.45, 2.75) is 25.8 Å². The molecule has 2 aliphatic rings. The van der Waals surface area contributed by atoms with Crippen LogP contribution in [0.5, 0.6) is 0 Å². The van der Waals surface area contributed by atoms with E-state index >= 15 is 0 Å². The molecule has 0 saturated carbocycles. The highest BCUT2D eigenvalue weighted by Gasteiger charge is 2.45. The molecule has 24 heavy (non-hydrogen) atoms. The zero-order valence-electron chi connectivity index (χ0n) is 13.3. The second-order valence-corrected chi connectivity index (χ2v) is 6.31. The molecule has 2 fully saturated rings. The molecule has 0 bridgehead atoms. The number of rotatable bonds is 3. The zero-order chi connectivity index (χ0) is 17.4. The van der Waals surface area contributed by atoms with Crippen LogP contribution in [0.25, 0.3) is 0 Å². The molecule has 1 aromatic rings. The number of anilines is 1. The van der Waals surface area contributed by atoms with Gasteiger partial charge in [-0.05, 0) is 44.0 Å². The molecule has 3 unspecified atom stereocenters. The Hall–Kier alpha value is -2.44. The second kappa shape index (κ2) is 6.22. The lowest BCUT2D eigenvalue weighted by Crippen LogP contribution is -2.43. The molecule has 6 nitrogen and oxygen atoms in total. The number of benzene rings is 1. The summed E-state index contributed by atoms with van der Waals surface area (Å²) < 4.78 is 13.0. The number of aliphatic carboxylic acids is 1. The third-order valence-corrected chi connectivity index (χ3v) is 5.00. The third kappa shape index (κ3) is 2.74. The number of hydrogen-bond acceptors (Lipinski definition) is 3. The van der Waals surface area contributed by atoms with Gasteiger partial charge in [0.2, 0.25) is 11.8 Å². The Labute approximate surface area is 138 Å². The first-order chi connectivity index (χ1) is 11.4. The number of carbonyl (C=O) groups excluding carboxylic acids is 2. The molecule has 1 N–H and O–H groups in total. The number of carboxylic acid groups (broad SMARTS) is 1. The maximum absolute atomic E-state index is 13.0. The molecule has 0 aliphatic carbocycles. The molecule has 1 aromatic carbocycles. The van der Waals surface area contributed by atoms with Crippen molar-refractivity contribution in [3.63, 3.8) is 0 Å². The van der Waals surface area contributed by atoms with E-state index in [2.05, 4.69) is 0 Å². The summed E-state index contributed by atoms with van der Waals surface area (Å²) in [6.07, 6.45) is 0.792. The van der Waals surface area contributed by atoms with Crippen molar-refractivity contribution in [2.75, 3.05) is 18.0 Å². The fourth-order valence-electron chi connectivity index (χ4n) is 3.57. The van der Waals surface area contributed by atoms with Crippen LogP contribution in [0, 0.1) is 17.7 Å². The van der Waals surface area contributed by atoms with Gasteiger partial charge in [-0.1, -0.05) is 0 Å². The monoisotopic (exact) mass is 334 g/mol. The van der Waals surface area contributed by atoms with Crippen LogP contribution >= 0.6 is 0 Å². The van der Waals surface area contributed by atoms with Crippen molar-refractivity contribution in [3.05, 3.63) is 30.1 Å². The number of nitrogens with zero attached hydrogens (tertiary/aromatic N) is 2. The molecule has 2 saturated heterocycles. The maximum atomic E-state index is 13.0. The van der Waals surface area contributed by atoms with Gasteiger partial charge < -0.3 is 14.9 Å². The van der Waals surface area contributed by atoms with Gasteiger partial charge in [-0.2, -0.15) is 0 Å². The highest BCUT2D eigenvalue weighted by Crippen LogP contribution is 2.31. The van der Waals surface area contributed by atoms with Crippen molar-refractivity contribution >= 4 is 23.5 Å². The van der Waals surface area contributed by atoms with Gasteiger partial charge in [-0.25, -0.2) is 4.39 Å². The van der Waals surface area contributed by atoms with Gasteiger partial charge in [-0.15, -0.1) is 0 Å². The number of carboxylic acids is 1. The SMILES string of the molecule is CC1C(C(=O)O)CCN1C(=O)C1CCN(c2ccc(F)cc2)C1=O. The van der Waals surface area contributed by atoms with Gasteiger partial charge in [-0.3, -0.25) is 14.4 Å². The first-order valence-electron chi connectivity index (χ1n) is 8.00. The summed E-state index contributed by atoms with van der Waals surface area (Å²) in [6.45, 7) is 2.46. The van der Waals surface area contributed by atoms with Crippen LogP contribution in [0.3, 0.4) is 0 Å². The van der Waals surface area contributed by atoms with Gasteiger partial charge in [0.15, 0.2) is 0 Å². The van der Waals surface area contributed by atoms with Crippen LogP contribution in [0.4, 0.5) is 10.1 Å². The fourth-order valence-corrected chi connectivity index (χ4v) is 3.57. The minimum atomic E-state index is -0.913. The molecule has 128 valence electrons. The number of hydrogen-bond donors (Lipinski definition) is 1. The van der Waals surface area contributed by atoms with Crippen LogP contribution in [-0.2, 0) is 14.4 Å². The van der Waals surface area contributed by atoms with E-state index in [4.69, 9.17) is 5.11 Å². The van der Waals surface area contributed by atoms with Crippen LogP contribution in [-0.4, -0.2) is 46.9 Å². The Balaban J connectivity index is 1.72. The smallest absolute Gasteiger partial charge is 0.308 e. The normalized spacial score (nSPS) is 26.9. The Kier molecular flexibility index (Phi) is 4.26. The lowest BCUT2D eigenvalue weighted by atomic mass is 10.0. The Morgan fingerprint density at radius 3 is 2.42 bits per heavy atom. The van der Waals surface area contributed by atoms with Crippen molar-refractivity contribution in [3.8, 4) is 0 Å². The third-order valence-electron chi connectivity index (χ3n) is 5.00. The van der Waals surface area contributed by atoms with Crippen molar-refractivity contribution < 1.29 is 23.9 Å². The lowest BCUT2D eigenvalue weighted by Gasteiger charge is -2.25. The van der Waals surface area contributed by atoms with Crippen molar-refractivity contribution in [1.82, 2.24) is 4.90 Å². The van der Waals surface area contributed by atoms with E-state index in [0.717, 1.165) is 0 Å². The van der Waals surface area contributed by atoms with Crippen molar-refractivity contribution in [2.24, 2.45) is 11.8 Å². The van der Waals surface area contributed by atoms with Gasteiger partial charge in [0.1, 0.15) is 11.7 Å². The van der Waals surface area contributed by atoms with Crippen LogP contribution in [0.2, 0.25) is 0 Å². The Morgan fingerprint density at radius 2 is 1.83 bits per heavy atom. The lowest BCUT2D eigenvalue weighted by molar-refractivity contribution is -0.144. The van der Waals surface area contributed by atoms with Gasteiger partial charge in [0.05, 0.1) is 5.92 Å². The largest absolute Gasteiger partial charge is 0.481 e. The second-order valence-electron chi connectivity index (χ2n) is 6.31. The van der Waals surface area contributed by atoms with E-state index in [1.165, 1.54) is 34.1 Å². The molecular weight excluding hydrogens is 315 g/mol. The predicted molar refractivity (Wildman–Crippen MR) is 83.8 cm³/mol. The number of halogens is 1. The molecule has 0 aromatic heterocycles. The summed E-state index contributed by atoms with van der Waals surface area (Å²) in [5.41, 5.74) is 0.564. The molecule has 0 spiro atoms. The molecule has 0 radical (unpaired) electrons. The van der Waals surface area contributed by atoms with Gasteiger partial charge >= 0.3 is 5.97 Å². The summed E-state index contributed by atoms with van der Waals surface area (Å²) in [7, 11) is 0. The maximum Gasteiger partial charge on any atom is 0.308 e. The minimum absolute atomic E-state index is 0.305. The van der Waals surface area contributed by atoms with E-state index in [1.54, 1.807) is 6.92 Å². The first kappa shape index (κ1) is 16.4.